The second-order valence-electron chi connectivity index (χ2n) is 7.67. The molecule has 2 heterocycles. The Labute approximate surface area is 162 Å². The molecule has 1 fully saturated rings. The monoisotopic (exact) mass is 389 g/mol. The summed E-state index contributed by atoms with van der Waals surface area (Å²) in [4.78, 5) is 42.3. The molecule has 28 heavy (non-hydrogen) atoms. The Morgan fingerprint density at radius 1 is 1.25 bits per heavy atom. The Hall–Kier alpha value is -2.97. The van der Waals surface area contributed by atoms with E-state index in [-0.39, 0.29) is 30.6 Å². The molecule has 0 aliphatic carbocycles. The number of non-ortho nitro benzene ring substituents is 1. The maximum Gasteiger partial charge on any atom is 0.417 e. The molecule has 0 aromatic heterocycles. The SMILES string of the molecule is CC(C)C1(C(C)C)COC(=O)N1C(=O)C1CC(c2ccc([N+](=O)[O-])cc2)=NO1. The third-order valence-electron chi connectivity index (χ3n) is 5.60. The van der Waals surface area contributed by atoms with Crippen molar-refractivity contribution in [2.45, 2.75) is 45.8 Å². The largest absolute Gasteiger partial charge is 0.447 e. The van der Waals surface area contributed by atoms with Gasteiger partial charge in [0, 0.05) is 18.6 Å². The van der Waals surface area contributed by atoms with E-state index in [0.29, 0.717) is 11.3 Å². The highest BCUT2D eigenvalue weighted by atomic mass is 16.6. The first-order valence-electron chi connectivity index (χ1n) is 9.16. The molecule has 0 N–H and O–H groups in total. The lowest BCUT2D eigenvalue weighted by atomic mass is 9.76. The molecule has 0 bridgehead atoms. The average molecular weight is 389 g/mol. The number of hydrogen-bond acceptors (Lipinski definition) is 7. The zero-order chi connectivity index (χ0) is 20.6. The molecule has 3 rings (SSSR count). The number of ether oxygens (including phenoxy) is 1. The van der Waals surface area contributed by atoms with Crippen LogP contribution >= 0.6 is 0 Å². The van der Waals surface area contributed by atoms with Crippen LogP contribution in [-0.2, 0) is 14.4 Å². The van der Waals surface area contributed by atoms with Gasteiger partial charge in [0.1, 0.15) is 6.61 Å². The number of oxime groups is 1. The van der Waals surface area contributed by atoms with Crippen LogP contribution in [0.4, 0.5) is 10.5 Å². The number of nitro benzene ring substituents is 1. The fraction of sp³-hybridized carbons (Fsp3) is 0.526. The van der Waals surface area contributed by atoms with Gasteiger partial charge in [-0.25, -0.2) is 9.69 Å². The van der Waals surface area contributed by atoms with Crippen LogP contribution in [0.1, 0.15) is 39.7 Å². The van der Waals surface area contributed by atoms with Crippen LogP contribution in [-0.4, -0.2) is 45.8 Å². The van der Waals surface area contributed by atoms with Gasteiger partial charge in [-0.3, -0.25) is 14.9 Å². The van der Waals surface area contributed by atoms with E-state index in [0.717, 1.165) is 0 Å². The maximum atomic E-state index is 13.1. The lowest BCUT2D eigenvalue weighted by Gasteiger charge is -2.41. The summed E-state index contributed by atoms with van der Waals surface area (Å²) >= 11 is 0. The first-order valence-corrected chi connectivity index (χ1v) is 9.16. The molecule has 9 heteroatoms. The van der Waals surface area contributed by atoms with E-state index in [1.165, 1.54) is 17.0 Å². The van der Waals surface area contributed by atoms with Crippen molar-refractivity contribution in [2.24, 2.45) is 17.0 Å². The number of cyclic esters (lactones) is 1. The van der Waals surface area contributed by atoms with Gasteiger partial charge in [-0.1, -0.05) is 32.9 Å². The molecule has 9 nitrogen and oxygen atoms in total. The third-order valence-corrected chi connectivity index (χ3v) is 5.60. The Kier molecular flexibility index (Phi) is 5.10. The van der Waals surface area contributed by atoms with Gasteiger partial charge in [0.15, 0.2) is 0 Å². The van der Waals surface area contributed by atoms with E-state index < -0.39 is 28.6 Å². The van der Waals surface area contributed by atoms with Gasteiger partial charge < -0.3 is 9.57 Å². The molecule has 1 aromatic carbocycles. The first kappa shape index (κ1) is 19.8. The number of carbonyl (C=O) groups is 2. The van der Waals surface area contributed by atoms with Gasteiger partial charge in [-0.2, -0.15) is 0 Å². The molecule has 1 atom stereocenters. The van der Waals surface area contributed by atoms with Crippen LogP contribution in [0.2, 0.25) is 0 Å². The second kappa shape index (κ2) is 7.21. The molecule has 1 aromatic rings. The van der Waals surface area contributed by atoms with E-state index in [4.69, 9.17) is 9.57 Å². The number of rotatable bonds is 5. The zero-order valence-corrected chi connectivity index (χ0v) is 16.2. The predicted molar refractivity (Wildman–Crippen MR) is 99.7 cm³/mol. The van der Waals surface area contributed by atoms with Crippen molar-refractivity contribution in [3.8, 4) is 0 Å². The van der Waals surface area contributed by atoms with E-state index in [1.807, 2.05) is 27.7 Å². The highest BCUT2D eigenvalue weighted by molar-refractivity contribution is 6.06. The van der Waals surface area contributed by atoms with Gasteiger partial charge in [0.2, 0.25) is 6.10 Å². The molecule has 2 aliphatic heterocycles. The van der Waals surface area contributed by atoms with Gasteiger partial charge in [0.25, 0.3) is 11.6 Å². The minimum Gasteiger partial charge on any atom is -0.447 e. The number of amides is 2. The van der Waals surface area contributed by atoms with Crippen molar-refractivity contribution in [1.29, 1.82) is 0 Å². The van der Waals surface area contributed by atoms with Crippen LogP contribution in [0.15, 0.2) is 29.4 Å². The Balaban J connectivity index is 1.79. The summed E-state index contributed by atoms with van der Waals surface area (Å²) in [6.45, 7) is 7.97. The molecule has 0 saturated carbocycles. The van der Waals surface area contributed by atoms with Crippen molar-refractivity contribution in [3.05, 3.63) is 39.9 Å². The van der Waals surface area contributed by atoms with Crippen LogP contribution in [0, 0.1) is 22.0 Å². The minimum absolute atomic E-state index is 0.000589. The molecule has 150 valence electrons. The maximum absolute atomic E-state index is 13.1. The Bertz CT molecular complexity index is 823. The highest BCUT2D eigenvalue weighted by Gasteiger charge is 2.56. The van der Waals surface area contributed by atoms with E-state index in [2.05, 4.69) is 5.16 Å². The second-order valence-corrected chi connectivity index (χ2v) is 7.67. The minimum atomic E-state index is -0.937. The summed E-state index contributed by atoms with van der Waals surface area (Å²) in [7, 11) is 0. The summed E-state index contributed by atoms with van der Waals surface area (Å²) in [6, 6.07) is 5.86. The predicted octanol–water partition coefficient (Wildman–Crippen LogP) is 3.12. The number of imide groups is 1. The molecule has 0 spiro atoms. The smallest absolute Gasteiger partial charge is 0.417 e. The Morgan fingerprint density at radius 2 is 1.86 bits per heavy atom. The fourth-order valence-corrected chi connectivity index (χ4v) is 3.89. The zero-order valence-electron chi connectivity index (χ0n) is 16.2. The van der Waals surface area contributed by atoms with Crippen molar-refractivity contribution in [3.63, 3.8) is 0 Å². The summed E-state index contributed by atoms with van der Waals surface area (Å²) in [6.07, 6.45) is -1.43. The van der Waals surface area contributed by atoms with Gasteiger partial charge in [-0.15, -0.1) is 0 Å². The number of hydrogen-bond donors (Lipinski definition) is 0. The summed E-state index contributed by atoms with van der Waals surface area (Å²) in [5.41, 5.74) is 0.354. The first-order chi connectivity index (χ1) is 13.2. The van der Waals surface area contributed by atoms with E-state index in [1.54, 1.807) is 12.1 Å². The Morgan fingerprint density at radius 3 is 2.39 bits per heavy atom. The van der Waals surface area contributed by atoms with Gasteiger partial charge >= 0.3 is 6.09 Å². The van der Waals surface area contributed by atoms with Crippen LogP contribution in [0.5, 0.6) is 0 Å². The third kappa shape index (κ3) is 3.10. The molecule has 1 saturated heterocycles. The van der Waals surface area contributed by atoms with Crippen LogP contribution in [0.25, 0.3) is 0 Å². The van der Waals surface area contributed by atoms with Crippen molar-refractivity contribution in [1.82, 2.24) is 4.90 Å². The highest BCUT2D eigenvalue weighted by Crippen LogP contribution is 2.39. The molecule has 2 amide bonds. The average Bonchev–Trinajstić information content (AvgIpc) is 3.26. The summed E-state index contributed by atoms with van der Waals surface area (Å²) < 4.78 is 5.24. The van der Waals surface area contributed by atoms with Crippen LogP contribution < -0.4 is 0 Å². The lowest BCUT2D eigenvalue weighted by Crippen LogP contribution is -2.59. The van der Waals surface area contributed by atoms with Crippen molar-refractivity contribution in [2.75, 3.05) is 6.61 Å². The van der Waals surface area contributed by atoms with E-state index in [9.17, 15) is 19.7 Å². The quantitative estimate of drug-likeness (QED) is 0.565. The fourth-order valence-electron chi connectivity index (χ4n) is 3.89. The van der Waals surface area contributed by atoms with Crippen LogP contribution in [0.3, 0.4) is 0 Å². The van der Waals surface area contributed by atoms with Gasteiger partial charge in [-0.05, 0) is 29.5 Å². The normalized spacial score (nSPS) is 20.9. The standard InChI is InChI=1S/C19H23N3O6/c1-11(2)19(12(3)4)10-27-18(24)21(19)17(23)16-9-15(20-28-16)13-5-7-14(8-6-13)22(25)26/h5-8,11-12,16H,9-10H2,1-4H3. The van der Waals surface area contributed by atoms with Crippen molar-refractivity contribution < 1.29 is 24.1 Å². The number of nitrogens with zero attached hydrogens (tertiary/aromatic N) is 3. The lowest BCUT2D eigenvalue weighted by molar-refractivity contribution is -0.384. The molecule has 2 aliphatic rings. The summed E-state index contributed by atoms with van der Waals surface area (Å²) in [5, 5.41) is 14.7. The number of nitro groups is 1. The summed E-state index contributed by atoms with van der Waals surface area (Å²) in [5.74, 6) is -0.482. The van der Waals surface area contributed by atoms with Gasteiger partial charge in [0.05, 0.1) is 16.2 Å². The topological polar surface area (TPSA) is 111 Å². The molecule has 0 radical (unpaired) electrons. The number of benzene rings is 1. The molecular formula is C19H23N3O6. The molecular weight excluding hydrogens is 366 g/mol. The number of carbonyl (C=O) groups excluding carboxylic acids is 2. The van der Waals surface area contributed by atoms with Crippen molar-refractivity contribution >= 4 is 23.4 Å². The molecule has 1 unspecified atom stereocenters. The van der Waals surface area contributed by atoms with E-state index >= 15 is 0 Å².